The molecule has 0 aliphatic carbocycles. The lowest BCUT2D eigenvalue weighted by atomic mass is 10.0. The van der Waals surface area contributed by atoms with Gasteiger partial charge in [0.1, 0.15) is 5.75 Å². The van der Waals surface area contributed by atoms with E-state index in [1.165, 1.54) is 4.88 Å². The Morgan fingerprint density at radius 2 is 2.16 bits per heavy atom. The van der Waals surface area contributed by atoms with Crippen molar-refractivity contribution in [2.24, 2.45) is 0 Å². The zero-order valence-electron chi connectivity index (χ0n) is 10.5. The zero-order valence-corrected chi connectivity index (χ0v) is 13.6. The summed E-state index contributed by atoms with van der Waals surface area (Å²) in [6.07, 6.45) is 0.906. The van der Waals surface area contributed by atoms with Crippen molar-refractivity contribution in [1.82, 2.24) is 5.32 Å². The Hall–Kier alpha value is -0.550. The second kappa shape index (κ2) is 6.75. The van der Waals surface area contributed by atoms with Crippen molar-refractivity contribution in [3.05, 3.63) is 49.6 Å². The van der Waals surface area contributed by atoms with Gasteiger partial charge in [0.25, 0.3) is 0 Å². The predicted octanol–water partition coefficient (Wildman–Crippen LogP) is 5.11. The number of aromatic hydroxyl groups is 1. The largest absolute Gasteiger partial charge is 0.508 e. The predicted molar refractivity (Wildman–Crippen MR) is 85.0 cm³/mol. The van der Waals surface area contributed by atoms with Crippen LogP contribution in [0.25, 0.3) is 0 Å². The van der Waals surface area contributed by atoms with Crippen molar-refractivity contribution in [3.63, 3.8) is 0 Å². The standard InChI is InChI=1S/C14H15BrClNOS/c1-2-12(11-7-9(15)3-5-13(11)18)17-8-10-4-6-14(16)19-10/h3-7,12,17-18H,2,8H2,1H3. The van der Waals surface area contributed by atoms with E-state index in [0.717, 1.165) is 27.3 Å². The van der Waals surface area contributed by atoms with Gasteiger partial charge >= 0.3 is 0 Å². The molecule has 19 heavy (non-hydrogen) atoms. The molecule has 0 bridgehead atoms. The second-order valence-electron chi connectivity index (χ2n) is 4.25. The fourth-order valence-corrected chi connectivity index (χ4v) is 3.37. The van der Waals surface area contributed by atoms with Crippen LogP contribution in [0.4, 0.5) is 0 Å². The first kappa shape index (κ1) is 14.9. The third-order valence-electron chi connectivity index (χ3n) is 2.92. The van der Waals surface area contributed by atoms with Gasteiger partial charge in [0, 0.05) is 27.5 Å². The molecule has 0 aliphatic heterocycles. The van der Waals surface area contributed by atoms with Gasteiger partial charge in [-0.1, -0.05) is 34.5 Å². The minimum absolute atomic E-state index is 0.123. The van der Waals surface area contributed by atoms with E-state index < -0.39 is 0 Å². The Morgan fingerprint density at radius 1 is 1.37 bits per heavy atom. The smallest absolute Gasteiger partial charge is 0.120 e. The molecular formula is C14H15BrClNOS. The van der Waals surface area contributed by atoms with Gasteiger partial charge in [-0.05, 0) is 36.8 Å². The fraction of sp³-hybridized carbons (Fsp3) is 0.286. The number of hydrogen-bond donors (Lipinski definition) is 2. The molecule has 1 atom stereocenters. The topological polar surface area (TPSA) is 32.3 Å². The molecule has 0 aliphatic rings. The first-order valence-corrected chi connectivity index (χ1v) is 8.05. The number of thiophene rings is 1. The summed E-state index contributed by atoms with van der Waals surface area (Å²) in [6.45, 7) is 2.85. The first-order valence-electron chi connectivity index (χ1n) is 6.06. The highest BCUT2D eigenvalue weighted by molar-refractivity contribution is 9.10. The lowest BCUT2D eigenvalue weighted by Crippen LogP contribution is -2.19. The van der Waals surface area contributed by atoms with E-state index in [2.05, 4.69) is 28.2 Å². The maximum atomic E-state index is 9.96. The Morgan fingerprint density at radius 3 is 2.79 bits per heavy atom. The molecule has 0 amide bonds. The van der Waals surface area contributed by atoms with Crippen LogP contribution in [0.1, 0.15) is 29.8 Å². The molecule has 2 aromatic rings. The zero-order chi connectivity index (χ0) is 13.8. The number of phenolic OH excluding ortho intramolecular Hbond substituents is 1. The summed E-state index contributed by atoms with van der Waals surface area (Å²) in [7, 11) is 0. The van der Waals surface area contributed by atoms with Gasteiger partial charge in [0.2, 0.25) is 0 Å². The molecule has 0 spiro atoms. The highest BCUT2D eigenvalue weighted by atomic mass is 79.9. The summed E-state index contributed by atoms with van der Waals surface area (Å²) in [6, 6.07) is 9.56. The van der Waals surface area contributed by atoms with Crippen molar-refractivity contribution >= 4 is 38.9 Å². The Balaban J connectivity index is 2.09. The van der Waals surface area contributed by atoms with Crippen molar-refractivity contribution in [1.29, 1.82) is 0 Å². The number of rotatable bonds is 5. The van der Waals surface area contributed by atoms with Crippen LogP contribution in [0.5, 0.6) is 5.75 Å². The summed E-state index contributed by atoms with van der Waals surface area (Å²) in [5.41, 5.74) is 0.916. The maximum Gasteiger partial charge on any atom is 0.120 e. The van der Waals surface area contributed by atoms with Crippen molar-refractivity contribution in [3.8, 4) is 5.75 Å². The summed E-state index contributed by atoms with van der Waals surface area (Å²) < 4.78 is 1.77. The fourth-order valence-electron chi connectivity index (χ4n) is 1.95. The van der Waals surface area contributed by atoms with Crippen LogP contribution in [0.2, 0.25) is 4.34 Å². The van der Waals surface area contributed by atoms with E-state index in [-0.39, 0.29) is 6.04 Å². The van der Waals surface area contributed by atoms with Gasteiger partial charge in [-0.3, -0.25) is 0 Å². The van der Waals surface area contributed by atoms with Crippen LogP contribution in [0.3, 0.4) is 0 Å². The molecule has 2 N–H and O–H groups in total. The molecule has 0 saturated carbocycles. The summed E-state index contributed by atoms with van der Waals surface area (Å²) in [5, 5.41) is 13.4. The second-order valence-corrected chi connectivity index (χ2v) is 6.97. The van der Waals surface area contributed by atoms with Crippen molar-refractivity contribution in [2.75, 3.05) is 0 Å². The highest BCUT2D eigenvalue weighted by Gasteiger charge is 2.14. The summed E-state index contributed by atoms with van der Waals surface area (Å²) in [4.78, 5) is 1.19. The molecule has 2 nitrogen and oxygen atoms in total. The van der Waals surface area contributed by atoms with Crippen LogP contribution < -0.4 is 5.32 Å². The quantitative estimate of drug-likeness (QED) is 0.776. The van der Waals surface area contributed by atoms with Crippen molar-refractivity contribution < 1.29 is 5.11 Å². The molecule has 1 aromatic carbocycles. The average Bonchev–Trinajstić information content (AvgIpc) is 2.80. The summed E-state index contributed by atoms with van der Waals surface area (Å²) in [5.74, 6) is 0.326. The molecule has 0 saturated heterocycles. The number of halogens is 2. The Labute approximate surface area is 130 Å². The molecule has 1 heterocycles. The van der Waals surface area contributed by atoms with Gasteiger partial charge in [-0.25, -0.2) is 0 Å². The van der Waals surface area contributed by atoms with Crippen LogP contribution >= 0.6 is 38.9 Å². The van der Waals surface area contributed by atoms with E-state index in [1.807, 2.05) is 24.3 Å². The van der Waals surface area contributed by atoms with Gasteiger partial charge in [0.15, 0.2) is 0 Å². The van der Waals surface area contributed by atoms with E-state index in [9.17, 15) is 5.11 Å². The molecule has 1 aromatic heterocycles. The Bertz CT molecular complexity index is 558. The number of hydrogen-bond acceptors (Lipinski definition) is 3. The molecule has 1 unspecified atom stereocenters. The minimum atomic E-state index is 0.123. The monoisotopic (exact) mass is 359 g/mol. The normalized spacial score (nSPS) is 12.6. The number of benzene rings is 1. The molecule has 5 heteroatoms. The molecule has 0 radical (unpaired) electrons. The number of nitrogens with one attached hydrogen (secondary N) is 1. The van der Waals surface area contributed by atoms with Crippen LogP contribution in [-0.2, 0) is 6.54 Å². The maximum absolute atomic E-state index is 9.96. The lowest BCUT2D eigenvalue weighted by Gasteiger charge is -2.18. The minimum Gasteiger partial charge on any atom is -0.508 e. The van der Waals surface area contributed by atoms with Crippen LogP contribution in [0.15, 0.2) is 34.8 Å². The number of phenols is 1. The van der Waals surface area contributed by atoms with Gasteiger partial charge in [-0.15, -0.1) is 11.3 Å². The third-order valence-corrected chi connectivity index (χ3v) is 4.65. The highest BCUT2D eigenvalue weighted by Crippen LogP contribution is 2.30. The first-order chi connectivity index (χ1) is 9.10. The van der Waals surface area contributed by atoms with E-state index >= 15 is 0 Å². The van der Waals surface area contributed by atoms with E-state index in [1.54, 1.807) is 17.4 Å². The van der Waals surface area contributed by atoms with Gasteiger partial charge < -0.3 is 10.4 Å². The van der Waals surface area contributed by atoms with Crippen LogP contribution in [0, 0.1) is 0 Å². The van der Waals surface area contributed by atoms with Gasteiger partial charge in [0.05, 0.1) is 4.34 Å². The Kier molecular flexibility index (Phi) is 5.28. The van der Waals surface area contributed by atoms with Crippen LogP contribution in [-0.4, -0.2) is 5.11 Å². The van der Waals surface area contributed by atoms with Crippen molar-refractivity contribution in [2.45, 2.75) is 25.9 Å². The van der Waals surface area contributed by atoms with E-state index in [4.69, 9.17) is 11.6 Å². The average molecular weight is 361 g/mol. The van der Waals surface area contributed by atoms with Gasteiger partial charge in [-0.2, -0.15) is 0 Å². The van der Waals surface area contributed by atoms with E-state index in [0.29, 0.717) is 5.75 Å². The molecule has 102 valence electrons. The lowest BCUT2D eigenvalue weighted by molar-refractivity contribution is 0.441. The molecular weight excluding hydrogens is 346 g/mol. The SMILES string of the molecule is CCC(NCc1ccc(Cl)s1)c1cc(Br)ccc1O. The summed E-state index contributed by atoms with van der Waals surface area (Å²) >= 11 is 10.9. The third kappa shape index (κ3) is 3.96. The molecule has 0 fully saturated rings. The molecule has 2 rings (SSSR count).